The van der Waals surface area contributed by atoms with Gasteiger partial charge in [-0.25, -0.2) is 5.43 Å². The average Bonchev–Trinajstić information content (AvgIpc) is 2.53. The number of carbonyl (C=O) groups is 1. The molecular formula is C13H18N2O7. The monoisotopic (exact) mass is 314 g/mol. The molecular weight excluding hydrogens is 296 g/mol. The van der Waals surface area contributed by atoms with Crippen LogP contribution in [-0.2, 0) is 4.79 Å². The largest absolute Gasteiger partial charge is 0.507 e. The lowest BCUT2D eigenvalue weighted by molar-refractivity contribution is -0.148. The predicted octanol–water partition coefficient (Wildman–Crippen LogP) is -2.72. The van der Waals surface area contributed by atoms with E-state index in [1.54, 1.807) is 12.1 Å². The van der Waals surface area contributed by atoms with Gasteiger partial charge in [0.05, 0.1) is 12.8 Å². The van der Waals surface area contributed by atoms with Gasteiger partial charge in [0, 0.05) is 5.56 Å². The Morgan fingerprint density at radius 2 is 1.82 bits per heavy atom. The number of phenols is 1. The molecule has 1 aromatic carbocycles. The summed E-state index contributed by atoms with van der Waals surface area (Å²) >= 11 is 0. The van der Waals surface area contributed by atoms with Crippen molar-refractivity contribution in [2.75, 3.05) is 6.61 Å². The van der Waals surface area contributed by atoms with E-state index in [1.807, 2.05) is 5.43 Å². The Hall–Kier alpha value is -2.04. The number of hydrazone groups is 1. The van der Waals surface area contributed by atoms with Crippen LogP contribution in [0.5, 0.6) is 5.75 Å². The molecule has 0 aliphatic rings. The summed E-state index contributed by atoms with van der Waals surface area (Å²) in [7, 11) is 0. The normalized spacial score (nSPS) is 17.0. The number of amides is 1. The van der Waals surface area contributed by atoms with E-state index in [0.717, 1.165) is 6.21 Å². The number of aliphatic hydroxyl groups excluding tert-OH is 5. The summed E-state index contributed by atoms with van der Waals surface area (Å²) in [5.74, 6) is -1.20. The number of aromatic hydroxyl groups is 1. The molecule has 0 spiro atoms. The number of hydrogen-bond acceptors (Lipinski definition) is 8. The van der Waals surface area contributed by atoms with Crippen LogP contribution in [0.2, 0.25) is 0 Å². The molecule has 0 saturated heterocycles. The molecule has 0 radical (unpaired) electrons. The Morgan fingerprint density at radius 3 is 2.41 bits per heavy atom. The number of para-hydroxylation sites is 1. The lowest BCUT2D eigenvalue weighted by atomic mass is 10.0. The van der Waals surface area contributed by atoms with Gasteiger partial charge in [0.2, 0.25) is 0 Å². The Bertz CT molecular complexity index is 523. The number of benzene rings is 1. The van der Waals surface area contributed by atoms with Gasteiger partial charge in [-0.1, -0.05) is 12.1 Å². The summed E-state index contributed by atoms with van der Waals surface area (Å²) in [6, 6.07) is 6.17. The quantitative estimate of drug-likeness (QED) is 0.212. The molecule has 0 aliphatic carbocycles. The number of rotatable bonds is 7. The van der Waals surface area contributed by atoms with E-state index >= 15 is 0 Å². The van der Waals surface area contributed by atoms with Gasteiger partial charge >= 0.3 is 0 Å². The molecule has 0 saturated carbocycles. The number of carbonyl (C=O) groups excluding carboxylic acids is 1. The molecule has 0 bridgehead atoms. The van der Waals surface area contributed by atoms with E-state index in [2.05, 4.69) is 5.10 Å². The molecule has 122 valence electrons. The highest BCUT2D eigenvalue weighted by atomic mass is 16.4. The number of phenolic OH excluding ortho intramolecular Hbond substituents is 1. The first-order valence-corrected chi connectivity index (χ1v) is 6.32. The molecule has 0 aromatic heterocycles. The maximum absolute atomic E-state index is 11.5. The number of hydrogen-bond donors (Lipinski definition) is 7. The van der Waals surface area contributed by atoms with Crippen LogP contribution in [-0.4, -0.2) is 73.8 Å². The molecule has 0 unspecified atom stereocenters. The molecule has 9 heteroatoms. The minimum Gasteiger partial charge on any atom is -0.507 e. The van der Waals surface area contributed by atoms with Crippen molar-refractivity contribution in [1.82, 2.24) is 5.43 Å². The van der Waals surface area contributed by atoms with Gasteiger partial charge in [0.15, 0.2) is 6.10 Å². The Labute approximate surface area is 125 Å². The van der Waals surface area contributed by atoms with Crippen LogP contribution < -0.4 is 5.43 Å². The van der Waals surface area contributed by atoms with Crippen molar-refractivity contribution in [2.45, 2.75) is 24.4 Å². The van der Waals surface area contributed by atoms with E-state index in [0.29, 0.717) is 5.56 Å². The van der Waals surface area contributed by atoms with Gasteiger partial charge < -0.3 is 30.6 Å². The van der Waals surface area contributed by atoms with Crippen LogP contribution in [0.4, 0.5) is 0 Å². The Kier molecular flexibility index (Phi) is 6.89. The molecule has 0 aliphatic heterocycles. The van der Waals surface area contributed by atoms with Crippen LogP contribution in [0.25, 0.3) is 0 Å². The number of nitrogens with one attached hydrogen (secondary N) is 1. The molecule has 4 atom stereocenters. The first-order valence-electron chi connectivity index (χ1n) is 6.32. The summed E-state index contributed by atoms with van der Waals surface area (Å²) in [5, 5.41) is 59.1. The highest BCUT2D eigenvalue weighted by Crippen LogP contribution is 2.12. The number of aliphatic hydroxyl groups is 5. The second kappa shape index (κ2) is 8.41. The maximum Gasteiger partial charge on any atom is 0.271 e. The zero-order chi connectivity index (χ0) is 16.7. The molecule has 7 N–H and O–H groups in total. The van der Waals surface area contributed by atoms with Crippen molar-refractivity contribution in [3.05, 3.63) is 29.8 Å². The third-order valence-corrected chi connectivity index (χ3v) is 2.84. The van der Waals surface area contributed by atoms with Crippen molar-refractivity contribution in [3.63, 3.8) is 0 Å². The molecule has 0 fully saturated rings. The second-order valence-corrected chi connectivity index (χ2v) is 4.47. The van der Waals surface area contributed by atoms with Gasteiger partial charge in [0.25, 0.3) is 5.91 Å². The van der Waals surface area contributed by atoms with Crippen LogP contribution in [0.3, 0.4) is 0 Å². The summed E-state index contributed by atoms with van der Waals surface area (Å²) in [6.07, 6.45) is -6.58. The molecule has 1 amide bonds. The van der Waals surface area contributed by atoms with Gasteiger partial charge in [0.1, 0.15) is 24.1 Å². The molecule has 1 aromatic rings. The van der Waals surface area contributed by atoms with Gasteiger partial charge in [-0.15, -0.1) is 0 Å². The minimum absolute atomic E-state index is 0.0671. The topological polar surface area (TPSA) is 163 Å². The fraction of sp³-hybridized carbons (Fsp3) is 0.385. The summed E-state index contributed by atoms with van der Waals surface area (Å²) in [5.41, 5.74) is 2.22. The van der Waals surface area contributed by atoms with Crippen molar-refractivity contribution in [2.24, 2.45) is 5.10 Å². The molecule has 9 nitrogen and oxygen atoms in total. The standard InChI is InChI=1S/C13H18N2O7/c16-6-9(18)10(19)11(20)12(21)13(22)15-14-5-7-3-1-2-4-8(7)17/h1-5,9-12,16-21H,6H2,(H,15,22)/b14-5+/t9-,10-,11+,12+/m1/s1. The fourth-order valence-electron chi connectivity index (χ4n) is 1.51. The maximum atomic E-state index is 11.5. The van der Waals surface area contributed by atoms with E-state index in [4.69, 9.17) is 10.2 Å². The lowest BCUT2D eigenvalue weighted by Gasteiger charge is -2.24. The molecule has 1 rings (SSSR count). The van der Waals surface area contributed by atoms with Gasteiger partial charge in [-0.05, 0) is 12.1 Å². The smallest absolute Gasteiger partial charge is 0.271 e. The number of nitrogens with zero attached hydrogens (tertiary/aromatic N) is 1. The summed E-state index contributed by atoms with van der Waals surface area (Å²) < 4.78 is 0. The van der Waals surface area contributed by atoms with E-state index in [1.165, 1.54) is 12.1 Å². The van der Waals surface area contributed by atoms with Crippen LogP contribution >= 0.6 is 0 Å². The van der Waals surface area contributed by atoms with Gasteiger partial charge in [-0.2, -0.15) is 5.10 Å². The molecule has 22 heavy (non-hydrogen) atoms. The zero-order valence-corrected chi connectivity index (χ0v) is 11.4. The fourth-order valence-corrected chi connectivity index (χ4v) is 1.51. The van der Waals surface area contributed by atoms with E-state index in [9.17, 15) is 25.2 Å². The summed E-state index contributed by atoms with van der Waals surface area (Å²) in [6.45, 7) is -0.849. The zero-order valence-electron chi connectivity index (χ0n) is 11.4. The Morgan fingerprint density at radius 1 is 1.18 bits per heavy atom. The first kappa shape index (κ1) is 18.0. The first-order chi connectivity index (χ1) is 10.4. The van der Waals surface area contributed by atoms with E-state index in [-0.39, 0.29) is 5.75 Å². The highest BCUT2D eigenvalue weighted by Gasteiger charge is 2.34. The van der Waals surface area contributed by atoms with Crippen LogP contribution in [0, 0.1) is 0 Å². The predicted molar refractivity (Wildman–Crippen MR) is 75.0 cm³/mol. The van der Waals surface area contributed by atoms with Crippen molar-refractivity contribution in [1.29, 1.82) is 0 Å². The minimum atomic E-state index is -2.07. The third kappa shape index (κ3) is 4.76. The second-order valence-electron chi connectivity index (χ2n) is 4.47. The Balaban J connectivity index is 2.59. The average molecular weight is 314 g/mol. The molecule has 0 heterocycles. The van der Waals surface area contributed by atoms with Gasteiger partial charge in [-0.3, -0.25) is 4.79 Å². The van der Waals surface area contributed by atoms with E-state index < -0.39 is 36.9 Å². The SMILES string of the molecule is O=C(N/N=C/c1ccccc1O)[C@@H](O)[C@@H](O)[C@H](O)[C@H](O)CO. The van der Waals surface area contributed by atoms with Crippen LogP contribution in [0.1, 0.15) is 5.56 Å². The van der Waals surface area contributed by atoms with Crippen LogP contribution in [0.15, 0.2) is 29.4 Å². The lowest BCUT2D eigenvalue weighted by Crippen LogP contribution is -2.50. The highest BCUT2D eigenvalue weighted by molar-refractivity contribution is 5.86. The van der Waals surface area contributed by atoms with Crippen molar-refractivity contribution < 1.29 is 35.4 Å². The van der Waals surface area contributed by atoms with Crippen molar-refractivity contribution in [3.8, 4) is 5.75 Å². The summed E-state index contributed by atoms with van der Waals surface area (Å²) in [4.78, 5) is 11.5. The third-order valence-electron chi connectivity index (χ3n) is 2.84. The van der Waals surface area contributed by atoms with Crippen molar-refractivity contribution >= 4 is 12.1 Å².